The first kappa shape index (κ1) is 27.0. The van der Waals surface area contributed by atoms with Crippen LogP contribution in [-0.2, 0) is 6.42 Å². The highest BCUT2D eigenvalue weighted by molar-refractivity contribution is 5.87. The van der Waals surface area contributed by atoms with Gasteiger partial charge >= 0.3 is 0 Å². The predicted molar refractivity (Wildman–Crippen MR) is 149 cm³/mol. The van der Waals surface area contributed by atoms with E-state index in [1.807, 2.05) is 50.2 Å². The Labute approximate surface area is 221 Å². The van der Waals surface area contributed by atoms with Crippen molar-refractivity contribution >= 4 is 22.3 Å². The Hall–Kier alpha value is -4.05. The van der Waals surface area contributed by atoms with E-state index >= 15 is 0 Å². The topological polar surface area (TPSA) is 142 Å². The summed E-state index contributed by atoms with van der Waals surface area (Å²) >= 11 is 0. The van der Waals surface area contributed by atoms with Crippen LogP contribution in [0.3, 0.4) is 0 Å². The van der Waals surface area contributed by atoms with E-state index in [2.05, 4.69) is 22.8 Å². The first-order valence-electron chi connectivity index (χ1n) is 12.4. The Morgan fingerprint density at radius 3 is 2.29 bits per heavy atom. The van der Waals surface area contributed by atoms with Crippen LogP contribution < -0.4 is 26.7 Å². The van der Waals surface area contributed by atoms with Crippen molar-refractivity contribution in [3.05, 3.63) is 94.3 Å². The van der Waals surface area contributed by atoms with Crippen LogP contribution in [0, 0.1) is 0 Å². The normalized spacial score (nSPS) is 12.4. The maximum atomic E-state index is 11.7. The summed E-state index contributed by atoms with van der Waals surface area (Å²) in [5.41, 5.74) is 8.46. The largest absolute Gasteiger partial charge is 0.506 e. The summed E-state index contributed by atoms with van der Waals surface area (Å²) in [5.74, 6) is 0.536. The number of benzene rings is 3. The first-order chi connectivity index (χ1) is 18.1. The molecule has 0 saturated carbocycles. The van der Waals surface area contributed by atoms with Crippen molar-refractivity contribution in [2.75, 3.05) is 25.0 Å². The summed E-state index contributed by atoms with van der Waals surface area (Å²) < 4.78 is 6.09. The third-order valence-electron chi connectivity index (χ3n) is 6.04. The molecule has 1 aromatic heterocycles. The number of nitrogens with one attached hydrogen (secondary N) is 2. The number of hydrogen-bond acceptors (Lipinski definition) is 8. The van der Waals surface area contributed by atoms with Gasteiger partial charge in [-0.1, -0.05) is 18.2 Å². The number of pyridine rings is 1. The molecule has 0 radical (unpaired) electrons. The summed E-state index contributed by atoms with van der Waals surface area (Å²) in [7, 11) is 0. The highest BCUT2D eigenvalue weighted by atomic mass is 16.5. The fourth-order valence-corrected chi connectivity index (χ4v) is 4.04. The van der Waals surface area contributed by atoms with Crippen molar-refractivity contribution in [1.82, 2.24) is 10.0 Å². The molecular weight excluding hydrogens is 484 g/mol. The van der Waals surface area contributed by atoms with E-state index in [0.29, 0.717) is 28.8 Å². The van der Waals surface area contributed by atoms with E-state index in [1.54, 1.807) is 6.07 Å². The minimum Gasteiger partial charge on any atom is -0.506 e. The lowest BCUT2D eigenvalue weighted by molar-refractivity contribution is 0.175. The molecule has 1 heterocycles. The zero-order chi connectivity index (χ0) is 27.3. The Kier molecular flexibility index (Phi) is 8.21. The lowest BCUT2D eigenvalue weighted by Crippen LogP contribution is -2.38. The number of anilines is 2. The number of aromatic nitrogens is 1. The van der Waals surface area contributed by atoms with Gasteiger partial charge in [0.2, 0.25) is 0 Å². The van der Waals surface area contributed by atoms with Crippen molar-refractivity contribution in [2.24, 2.45) is 5.73 Å². The van der Waals surface area contributed by atoms with Gasteiger partial charge in [-0.15, -0.1) is 4.73 Å². The first-order valence-corrected chi connectivity index (χ1v) is 12.4. The van der Waals surface area contributed by atoms with Gasteiger partial charge in [0.25, 0.3) is 5.56 Å². The van der Waals surface area contributed by atoms with Crippen LogP contribution in [0.4, 0.5) is 11.4 Å². The van der Waals surface area contributed by atoms with Gasteiger partial charge in [-0.25, -0.2) is 0 Å². The molecule has 0 aliphatic carbocycles. The lowest BCUT2D eigenvalue weighted by Gasteiger charge is -2.19. The van der Waals surface area contributed by atoms with E-state index in [9.17, 15) is 20.2 Å². The fraction of sp³-hybridized carbons (Fsp3) is 0.276. The standard InChI is InChI=1S/C29H34N4O5/c1-29(2,30)18-38-22-9-7-21(8-10-22)32-20-5-3-19(4-6-20)15-16-31-17-26(35)23-11-13-25(34)28-24(23)12-14-27(36)33(28)37/h3-14,26,31-32,34-35,37H,15-18,30H2,1-2H3/t26-/m0/s1. The third-order valence-corrected chi connectivity index (χ3v) is 6.04. The number of phenols is 1. The van der Waals surface area contributed by atoms with Crippen LogP contribution in [0.15, 0.2) is 77.6 Å². The van der Waals surface area contributed by atoms with Crippen molar-refractivity contribution in [3.63, 3.8) is 0 Å². The fourth-order valence-electron chi connectivity index (χ4n) is 4.04. The van der Waals surface area contributed by atoms with Crippen LogP contribution in [0.1, 0.15) is 31.1 Å². The molecule has 0 fully saturated rings. The van der Waals surface area contributed by atoms with Crippen molar-refractivity contribution < 1.29 is 20.2 Å². The summed E-state index contributed by atoms with van der Waals surface area (Å²) in [6.07, 6.45) is -0.121. The van der Waals surface area contributed by atoms with E-state index in [-0.39, 0.29) is 23.3 Å². The molecular formula is C29H34N4O5. The quantitative estimate of drug-likeness (QED) is 0.130. The molecule has 0 saturated heterocycles. The number of hydrogen-bond donors (Lipinski definition) is 6. The lowest BCUT2D eigenvalue weighted by atomic mass is 10.0. The molecule has 38 heavy (non-hydrogen) atoms. The number of aliphatic hydroxyl groups excluding tert-OH is 1. The molecule has 0 spiro atoms. The van der Waals surface area contributed by atoms with Gasteiger partial charge in [-0.05, 0) is 86.5 Å². The van der Waals surface area contributed by atoms with Gasteiger partial charge < -0.3 is 36.5 Å². The minimum absolute atomic E-state index is 0.0253. The molecule has 9 heteroatoms. The van der Waals surface area contributed by atoms with Gasteiger partial charge in [-0.2, -0.15) is 0 Å². The average molecular weight is 519 g/mol. The molecule has 0 aliphatic rings. The monoisotopic (exact) mass is 518 g/mol. The highest BCUT2D eigenvalue weighted by Gasteiger charge is 2.16. The molecule has 4 rings (SSSR count). The number of nitrogens with zero attached hydrogens (tertiary/aromatic N) is 1. The minimum atomic E-state index is -0.888. The second kappa shape index (κ2) is 11.6. The number of ether oxygens (including phenoxy) is 1. The Morgan fingerprint density at radius 2 is 1.63 bits per heavy atom. The molecule has 1 atom stereocenters. The number of nitrogens with two attached hydrogens (primary N) is 1. The van der Waals surface area contributed by atoms with Gasteiger partial charge in [0.05, 0.1) is 6.10 Å². The Balaban J connectivity index is 1.26. The van der Waals surface area contributed by atoms with Gasteiger partial charge in [0.15, 0.2) is 0 Å². The van der Waals surface area contributed by atoms with Crippen LogP contribution in [-0.4, -0.2) is 45.4 Å². The van der Waals surface area contributed by atoms with Crippen LogP contribution in [0.2, 0.25) is 0 Å². The maximum Gasteiger partial charge on any atom is 0.283 e. The third kappa shape index (κ3) is 6.83. The SMILES string of the molecule is CC(C)(N)COc1ccc(Nc2ccc(CCNC[C@H](O)c3ccc(O)c4c3ccc(=O)n4O)cc2)cc1. The van der Waals surface area contributed by atoms with Gasteiger partial charge in [0.1, 0.15) is 23.6 Å². The van der Waals surface area contributed by atoms with Crippen molar-refractivity contribution in [2.45, 2.75) is 31.9 Å². The van der Waals surface area contributed by atoms with Crippen molar-refractivity contribution in [1.29, 1.82) is 0 Å². The van der Waals surface area contributed by atoms with E-state index < -0.39 is 11.7 Å². The molecule has 9 nitrogen and oxygen atoms in total. The summed E-state index contributed by atoms with van der Waals surface area (Å²) in [5, 5.41) is 37.7. The average Bonchev–Trinajstić information content (AvgIpc) is 2.89. The van der Waals surface area contributed by atoms with E-state index in [4.69, 9.17) is 10.5 Å². The van der Waals surface area contributed by atoms with E-state index in [0.717, 1.165) is 29.1 Å². The summed E-state index contributed by atoms with van der Waals surface area (Å²) in [6, 6.07) is 21.5. The number of aromatic hydroxyl groups is 1. The zero-order valence-electron chi connectivity index (χ0n) is 21.5. The maximum absolute atomic E-state index is 11.7. The second-order valence-electron chi connectivity index (χ2n) is 10.0. The molecule has 0 amide bonds. The molecule has 3 aromatic carbocycles. The van der Waals surface area contributed by atoms with Crippen LogP contribution in [0.5, 0.6) is 11.5 Å². The number of rotatable bonds is 11. The smallest absolute Gasteiger partial charge is 0.283 e. The summed E-state index contributed by atoms with van der Waals surface area (Å²) in [4.78, 5) is 11.7. The Morgan fingerprint density at radius 1 is 0.974 bits per heavy atom. The molecule has 4 aromatic rings. The van der Waals surface area contributed by atoms with Gasteiger partial charge in [-0.3, -0.25) is 4.79 Å². The molecule has 200 valence electrons. The second-order valence-corrected chi connectivity index (χ2v) is 10.0. The predicted octanol–water partition coefficient (Wildman–Crippen LogP) is 3.67. The highest BCUT2D eigenvalue weighted by Crippen LogP contribution is 2.29. The molecule has 7 N–H and O–H groups in total. The molecule has 0 bridgehead atoms. The van der Waals surface area contributed by atoms with Gasteiger partial charge in [0, 0.05) is 34.9 Å². The van der Waals surface area contributed by atoms with Crippen LogP contribution >= 0.6 is 0 Å². The number of phenolic OH excluding ortho intramolecular Hbond substituents is 1. The zero-order valence-corrected chi connectivity index (χ0v) is 21.5. The van der Waals surface area contributed by atoms with Crippen LogP contribution in [0.25, 0.3) is 10.9 Å². The number of aliphatic hydroxyl groups is 1. The molecule has 0 unspecified atom stereocenters. The number of fused-ring (bicyclic) bond motifs is 1. The molecule has 0 aliphatic heterocycles. The summed E-state index contributed by atoms with van der Waals surface area (Å²) in [6.45, 7) is 5.20. The van der Waals surface area contributed by atoms with Crippen molar-refractivity contribution in [3.8, 4) is 11.5 Å². The Bertz CT molecular complexity index is 1430. The van der Waals surface area contributed by atoms with E-state index in [1.165, 1.54) is 18.2 Å².